The molecule has 8 heteroatoms. The van der Waals surface area contributed by atoms with Crippen LogP contribution in [-0.4, -0.2) is 11.7 Å². The van der Waals surface area contributed by atoms with E-state index in [1.807, 2.05) is 24.3 Å². The van der Waals surface area contributed by atoms with Gasteiger partial charge in [0.1, 0.15) is 5.75 Å². The third-order valence-corrected chi connectivity index (χ3v) is 8.13. The molecular weight excluding hydrogens is 585 g/mol. The van der Waals surface area contributed by atoms with Crippen LogP contribution in [0.25, 0.3) is 11.3 Å². The second-order valence-corrected chi connectivity index (χ2v) is 10.6. The summed E-state index contributed by atoms with van der Waals surface area (Å²) < 4.78 is 47.2. The second kappa shape index (κ2) is 13.0. The molecule has 206 valence electrons. The van der Waals surface area contributed by atoms with Crippen molar-refractivity contribution in [3.8, 4) is 17.0 Å². The van der Waals surface area contributed by atoms with Crippen molar-refractivity contribution in [2.75, 3.05) is 7.11 Å². The molecule has 0 N–H and O–H groups in total. The number of hydrogen-bond donors (Lipinski definition) is 0. The molecule has 0 radical (unpaired) electrons. The van der Waals surface area contributed by atoms with Crippen LogP contribution < -0.4 is 9.54 Å². The van der Waals surface area contributed by atoms with Crippen LogP contribution in [0, 0.1) is 0 Å². The van der Waals surface area contributed by atoms with Gasteiger partial charge in [-0.25, -0.2) is 4.99 Å². The van der Waals surface area contributed by atoms with Gasteiger partial charge in [0.2, 0.25) is 0 Å². The predicted octanol–water partition coefficient (Wildman–Crippen LogP) is 9.34. The number of thiazole rings is 1. The topological polar surface area (TPSA) is 26.5 Å². The molecule has 0 aliphatic heterocycles. The lowest BCUT2D eigenvalue weighted by Gasteiger charge is -2.22. The number of ether oxygens (including phenoxy) is 1. The number of methoxy groups -OCH3 is 1. The maximum Gasteiger partial charge on any atom is 0.416 e. The molecule has 0 spiro atoms. The molecule has 1 aromatic heterocycles. The zero-order valence-electron chi connectivity index (χ0n) is 21.8. The molecule has 1 aliphatic carbocycles. The summed E-state index contributed by atoms with van der Waals surface area (Å²) in [6.45, 7) is 0.646. The molecule has 3 nitrogen and oxygen atoms in total. The van der Waals surface area contributed by atoms with E-state index in [1.165, 1.54) is 55.1 Å². The minimum absolute atomic E-state index is 0. The number of aromatic nitrogens is 1. The molecular formula is C31H32BrF3N2OS. The molecule has 4 aromatic rings. The van der Waals surface area contributed by atoms with Crippen LogP contribution in [-0.2, 0) is 19.1 Å². The predicted molar refractivity (Wildman–Crippen MR) is 157 cm³/mol. The van der Waals surface area contributed by atoms with Gasteiger partial charge in [-0.15, -0.1) is 28.3 Å². The van der Waals surface area contributed by atoms with Gasteiger partial charge in [-0.3, -0.25) is 0 Å². The van der Waals surface area contributed by atoms with Crippen molar-refractivity contribution in [2.24, 2.45) is 4.99 Å². The summed E-state index contributed by atoms with van der Waals surface area (Å²) in [6.07, 6.45) is 2.76. The number of rotatable bonds is 7. The average Bonchev–Trinajstić information content (AvgIpc) is 3.34. The Morgan fingerprint density at radius 1 is 0.949 bits per heavy atom. The molecule has 1 saturated carbocycles. The van der Waals surface area contributed by atoms with Gasteiger partial charge in [0.05, 0.1) is 24.1 Å². The smallest absolute Gasteiger partial charge is 0.416 e. The highest BCUT2D eigenvalue weighted by Gasteiger charge is 2.30. The summed E-state index contributed by atoms with van der Waals surface area (Å²) in [5.74, 6) is 1.44. The highest BCUT2D eigenvalue weighted by molar-refractivity contribution is 8.93. The minimum atomic E-state index is -4.41. The third-order valence-electron chi connectivity index (χ3n) is 7.26. The molecule has 39 heavy (non-hydrogen) atoms. The van der Waals surface area contributed by atoms with Crippen molar-refractivity contribution in [1.82, 2.24) is 4.57 Å². The van der Waals surface area contributed by atoms with Gasteiger partial charge in [-0.2, -0.15) is 13.2 Å². The molecule has 0 atom stereocenters. The molecule has 0 amide bonds. The zero-order valence-corrected chi connectivity index (χ0v) is 24.3. The van der Waals surface area contributed by atoms with Gasteiger partial charge < -0.3 is 9.30 Å². The van der Waals surface area contributed by atoms with Crippen LogP contribution in [0.15, 0.2) is 83.2 Å². The quantitative estimate of drug-likeness (QED) is 0.203. The van der Waals surface area contributed by atoms with E-state index in [0.29, 0.717) is 23.0 Å². The van der Waals surface area contributed by atoms with Gasteiger partial charge in [-0.05, 0) is 72.2 Å². The standard InChI is InChI=1S/C31H31F3N2OS.BrH/c1-37-28-16-10-22(11-17-28)18-19-36-29(25-14-12-24(13-15-25)23-6-3-2-4-7-23)21-38-30(36)35-27-9-5-8-26(20-27)31(32,33)34;/h5,8-17,20-21,23H,2-4,6-7,18-19H2,1H3;1H. The first kappa shape index (κ1) is 29.2. The van der Waals surface area contributed by atoms with E-state index >= 15 is 0 Å². The monoisotopic (exact) mass is 616 g/mol. The fourth-order valence-corrected chi connectivity index (χ4v) is 6.08. The van der Waals surface area contributed by atoms with Gasteiger partial charge in [0.15, 0.2) is 4.80 Å². The molecule has 1 fully saturated rings. The minimum Gasteiger partial charge on any atom is -0.497 e. The van der Waals surface area contributed by atoms with Gasteiger partial charge in [0.25, 0.3) is 0 Å². The molecule has 1 heterocycles. The van der Waals surface area contributed by atoms with Crippen LogP contribution in [0.5, 0.6) is 5.75 Å². The van der Waals surface area contributed by atoms with E-state index in [-0.39, 0.29) is 17.0 Å². The fourth-order valence-electron chi connectivity index (χ4n) is 5.12. The highest BCUT2D eigenvalue weighted by atomic mass is 79.9. The van der Waals surface area contributed by atoms with Crippen molar-refractivity contribution < 1.29 is 17.9 Å². The number of hydrogen-bond acceptors (Lipinski definition) is 3. The lowest BCUT2D eigenvalue weighted by molar-refractivity contribution is -0.137. The van der Waals surface area contributed by atoms with E-state index in [2.05, 4.69) is 39.2 Å². The van der Waals surface area contributed by atoms with Crippen LogP contribution in [0.3, 0.4) is 0 Å². The summed E-state index contributed by atoms with van der Waals surface area (Å²) >= 11 is 1.45. The Morgan fingerprint density at radius 3 is 2.33 bits per heavy atom. The average molecular weight is 618 g/mol. The molecule has 3 aromatic carbocycles. The largest absolute Gasteiger partial charge is 0.497 e. The van der Waals surface area contributed by atoms with E-state index in [4.69, 9.17) is 4.74 Å². The van der Waals surface area contributed by atoms with Crippen LogP contribution in [0.1, 0.15) is 54.7 Å². The van der Waals surface area contributed by atoms with Gasteiger partial charge in [0, 0.05) is 11.9 Å². The van der Waals surface area contributed by atoms with Gasteiger partial charge in [-0.1, -0.05) is 61.7 Å². The SMILES string of the molecule is Br.COc1ccc(CCn2c(-c3ccc(C4CCCCC4)cc3)csc2=Nc2cccc(C(F)(F)F)c2)cc1. The van der Waals surface area contributed by atoms with E-state index < -0.39 is 11.7 Å². The number of halogens is 4. The maximum atomic E-state index is 13.3. The van der Waals surface area contributed by atoms with E-state index in [1.54, 1.807) is 13.2 Å². The van der Waals surface area contributed by atoms with Gasteiger partial charge >= 0.3 is 6.18 Å². The Kier molecular flexibility index (Phi) is 9.72. The maximum absolute atomic E-state index is 13.3. The summed E-state index contributed by atoms with van der Waals surface area (Å²) in [4.78, 5) is 5.32. The molecule has 0 saturated heterocycles. The first-order chi connectivity index (χ1) is 18.4. The van der Waals surface area contributed by atoms with Crippen molar-refractivity contribution in [3.63, 3.8) is 0 Å². The summed E-state index contributed by atoms with van der Waals surface area (Å²) in [5, 5.41) is 2.05. The normalized spacial score (nSPS) is 14.7. The Bertz CT molecular complexity index is 1420. The van der Waals surface area contributed by atoms with Crippen LogP contribution >= 0.6 is 28.3 Å². The Balaban J connectivity index is 0.00000353. The number of alkyl halides is 3. The fraction of sp³-hybridized carbons (Fsp3) is 0.323. The molecule has 1 aliphatic rings. The lowest BCUT2D eigenvalue weighted by Crippen LogP contribution is -2.17. The summed E-state index contributed by atoms with van der Waals surface area (Å²) in [5.41, 5.74) is 4.23. The van der Waals surface area contributed by atoms with E-state index in [9.17, 15) is 13.2 Å². The molecule has 0 bridgehead atoms. The molecule has 5 rings (SSSR count). The lowest BCUT2D eigenvalue weighted by atomic mass is 9.84. The van der Waals surface area contributed by atoms with Crippen molar-refractivity contribution in [3.05, 3.63) is 99.7 Å². The number of aryl methyl sites for hydroxylation is 1. The summed E-state index contributed by atoms with van der Waals surface area (Å²) in [6, 6.07) is 22.0. The van der Waals surface area contributed by atoms with Crippen molar-refractivity contribution >= 4 is 34.0 Å². The number of nitrogens with zero attached hydrogens (tertiary/aromatic N) is 2. The second-order valence-electron chi connectivity index (χ2n) is 9.77. The third kappa shape index (κ3) is 7.22. The van der Waals surface area contributed by atoms with Crippen LogP contribution in [0.4, 0.5) is 18.9 Å². The highest BCUT2D eigenvalue weighted by Crippen LogP contribution is 2.34. The Labute approximate surface area is 241 Å². The Morgan fingerprint density at radius 2 is 1.67 bits per heavy atom. The zero-order chi connectivity index (χ0) is 26.5. The molecule has 0 unspecified atom stereocenters. The Hall–Kier alpha value is -2.84. The number of benzene rings is 3. The first-order valence-electron chi connectivity index (χ1n) is 13.0. The summed E-state index contributed by atoms with van der Waals surface area (Å²) in [7, 11) is 1.64. The van der Waals surface area contributed by atoms with Crippen molar-refractivity contribution in [2.45, 2.75) is 57.2 Å². The first-order valence-corrected chi connectivity index (χ1v) is 13.9. The van der Waals surface area contributed by atoms with E-state index in [0.717, 1.165) is 41.1 Å². The van der Waals surface area contributed by atoms with Crippen LogP contribution in [0.2, 0.25) is 0 Å². The van der Waals surface area contributed by atoms with Crippen molar-refractivity contribution in [1.29, 1.82) is 0 Å².